The Morgan fingerprint density at radius 3 is 2.69 bits per heavy atom. The minimum absolute atomic E-state index is 0.122. The summed E-state index contributed by atoms with van der Waals surface area (Å²) in [5.41, 5.74) is 0.689. The van der Waals surface area contributed by atoms with Crippen LogP contribution in [0.5, 0.6) is 0 Å². The van der Waals surface area contributed by atoms with Crippen molar-refractivity contribution in [3.63, 3.8) is 0 Å². The lowest BCUT2D eigenvalue weighted by molar-refractivity contribution is -0.385. The lowest BCUT2D eigenvalue weighted by Gasteiger charge is -2.15. The van der Waals surface area contributed by atoms with Crippen LogP contribution in [0.4, 0.5) is 17.1 Å². The zero-order valence-corrected chi connectivity index (χ0v) is 8.18. The third-order valence-corrected chi connectivity index (χ3v) is 2.18. The first-order chi connectivity index (χ1) is 7.49. The molecule has 1 radical (unpaired) electrons. The number of carbonyl (C=O) groups is 2. The van der Waals surface area contributed by atoms with Crippen LogP contribution in [0, 0.1) is 17.0 Å². The molecule has 1 aromatic carbocycles. The number of carbonyl (C=O) groups excluding carboxylic acids is 2. The second-order valence-electron chi connectivity index (χ2n) is 3.28. The van der Waals surface area contributed by atoms with Crippen molar-refractivity contribution in [1.82, 2.24) is 5.32 Å². The van der Waals surface area contributed by atoms with Crippen LogP contribution in [-0.4, -0.2) is 16.7 Å². The summed E-state index contributed by atoms with van der Waals surface area (Å²) in [6.07, 6.45) is 0. The van der Waals surface area contributed by atoms with Crippen molar-refractivity contribution < 1.29 is 14.5 Å². The molecule has 2 amide bonds. The average Bonchev–Trinajstić information content (AvgIpc) is 2.19. The zero-order chi connectivity index (χ0) is 11.9. The normalized spacial score (nSPS) is 13.8. The van der Waals surface area contributed by atoms with Crippen molar-refractivity contribution in [2.45, 2.75) is 6.92 Å². The topological polar surface area (TPSA) is 103 Å². The summed E-state index contributed by atoms with van der Waals surface area (Å²) >= 11 is 0. The number of amides is 2. The van der Waals surface area contributed by atoms with E-state index in [1.165, 1.54) is 19.1 Å². The Kier molecular flexibility index (Phi) is 2.08. The van der Waals surface area contributed by atoms with Gasteiger partial charge < -0.3 is 5.32 Å². The lowest BCUT2D eigenvalue weighted by atomic mass is 10.1. The predicted molar refractivity (Wildman–Crippen MR) is 53.3 cm³/mol. The Morgan fingerprint density at radius 2 is 2.06 bits per heavy atom. The maximum atomic E-state index is 11.0. The molecule has 0 saturated heterocycles. The number of nitrogens with one attached hydrogen (secondary N) is 1. The largest absolute Gasteiger partial charge is 0.335 e. The number of anilines is 1. The minimum atomic E-state index is -0.902. The molecule has 0 aliphatic carbocycles. The molecule has 1 heterocycles. The highest BCUT2D eigenvalue weighted by molar-refractivity contribution is 6.42. The van der Waals surface area contributed by atoms with Crippen LogP contribution < -0.4 is 10.6 Å². The maximum absolute atomic E-state index is 11.0. The first-order valence-corrected chi connectivity index (χ1v) is 4.35. The summed E-state index contributed by atoms with van der Waals surface area (Å²) < 4.78 is 0. The number of nitro benzene ring substituents is 1. The van der Waals surface area contributed by atoms with E-state index in [2.05, 4.69) is 10.6 Å². The van der Waals surface area contributed by atoms with Crippen molar-refractivity contribution in [2.75, 3.05) is 5.32 Å². The predicted octanol–water partition coefficient (Wildman–Crippen LogP) is 0.618. The third kappa shape index (κ3) is 1.48. The summed E-state index contributed by atoms with van der Waals surface area (Å²) in [7, 11) is 0. The molecule has 81 valence electrons. The first-order valence-electron chi connectivity index (χ1n) is 4.35. The Hall–Kier alpha value is -2.44. The molecule has 7 nitrogen and oxygen atoms in total. The fourth-order valence-electron chi connectivity index (χ4n) is 1.41. The molecule has 16 heavy (non-hydrogen) atoms. The van der Waals surface area contributed by atoms with Crippen molar-refractivity contribution in [1.29, 1.82) is 0 Å². The first kappa shape index (κ1) is 10.1. The summed E-state index contributed by atoms with van der Waals surface area (Å²) in [6.45, 7) is 1.54. The van der Waals surface area contributed by atoms with Gasteiger partial charge in [0.25, 0.3) is 5.69 Å². The number of benzene rings is 1. The van der Waals surface area contributed by atoms with E-state index in [1.807, 2.05) is 0 Å². The van der Waals surface area contributed by atoms with Gasteiger partial charge in [-0.3, -0.25) is 19.7 Å². The summed E-state index contributed by atoms with van der Waals surface area (Å²) in [5, 5.41) is 16.4. The van der Waals surface area contributed by atoms with Gasteiger partial charge in [-0.25, -0.2) is 5.32 Å². The van der Waals surface area contributed by atoms with E-state index in [-0.39, 0.29) is 17.1 Å². The van der Waals surface area contributed by atoms with Crippen LogP contribution in [0.2, 0.25) is 0 Å². The van der Waals surface area contributed by atoms with Crippen LogP contribution in [0.25, 0.3) is 0 Å². The van der Waals surface area contributed by atoms with E-state index in [9.17, 15) is 19.7 Å². The van der Waals surface area contributed by atoms with Gasteiger partial charge in [0.2, 0.25) is 0 Å². The van der Waals surface area contributed by atoms with E-state index in [0.29, 0.717) is 5.56 Å². The van der Waals surface area contributed by atoms with Crippen LogP contribution in [0.15, 0.2) is 12.1 Å². The van der Waals surface area contributed by atoms with E-state index < -0.39 is 16.7 Å². The molecular weight excluding hydrogens is 214 g/mol. The van der Waals surface area contributed by atoms with Gasteiger partial charge in [0.15, 0.2) is 0 Å². The van der Waals surface area contributed by atoms with Crippen molar-refractivity contribution in [3.8, 4) is 0 Å². The van der Waals surface area contributed by atoms with Gasteiger partial charge in [0, 0.05) is 11.6 Å². The highest BCUT2D eigenvalue weighted by Gasteiger charge is 2.27. The lowest BCUT2D eigenvalue weighted by Crippen LogP contribution is -2.33. The van der Waals surface area contributed by atoms with Crippen molar-refractivity contribution in [3.05, 3.63) is 27.8 Å². The minimum Gasteiger partial charge on any atom is -0.316 e. The highest BCUT2D eigenvalue weighted by atomic mass is 16.6. The molecule has 0 spiro atoms. The Labute approximate surface area is 89.6 Å². The van der Waals surface area contributed by atoms with Gasteiger partial charge in [-0.2, -0.15) is 0 Å². The number of nitrogens with zero attached hydrogens (tertiary/aromatic N) is 2. The molecule has 0 atom stereocenters. The fraction of sp³-hybridized carbons (Fsp3) is 0.111. The van der Waals surface area contributed by atoms with Gasteiger partial charge >= 0.3 is 11.8 Å². The van der Waals surface area contributed by atoms with Gasteiger partial charge in [0.05, 0.1) is 16.3 Å². The van der Waals surface area contributed by atoms with Crippen molar-refractivity contribution in [2.24, 2.45) is 0 Å². The van der Waals surface area contributed by atoms with Crippen LogP contribution >= 0.6 is 0 Å². The van der Waals surface area contributed by atoms with Crippen molar-refractivity contribution >= 4 is 28.9 Å². The molecule has 0 aromatic heterocycles. The number of fused-ring (bicyclic) bond motifs is 1. The molecule has 1 aromatic rings. The monoisotopic (exact) mass is 220 g/mol. The van der Waals surface area contributed by atoms with Gasteiger partial charge in [-0.05, 0) is 13.0 Å². The number of aryl methyl sites for hydroxylation is 1. The number of nitro groups is 1. The van der Waals surface area contributed by atoms with Gasteiger partial charge in [-0.1, -0.05) is 0 Å². The molecule has 0 unspecified atom stereocenters. The average molecular weight is 220 g/mol. The zero-order valence-electron chi connectivity index (χ0n) is 8.18. The molecular formula is C9H6N3O4. The molecule has 7 heteroatoms. The molecule has 0 saturated carbocycles. The molecule has 1 N–H and O–H groups in total. The SMILES string of the molecule is Cc1cc2c(cc1[N+](=O)[O-])NC(=O)C(=O)[N]2. The van der Waals surface area contributed by atoms with Gasteiger partial charge in [0.1, 0.15) is 0 Å². The molecule has 0 fully saturated rings. The van der Waals surface area contributed by atoms with E-state index >= 15 is 0 Å². The van der Waals surface area contributed by atoms with E-state index in [1.54, 1.807) is 0 Å². The molecule has 0 bridgehead atoms. The summed E-state index contributed by atoms with van der Waals surface area (Å²) in [6, 6.07) is 2.59. The number of rotatable bonds is 1. The third-order valence-electron chi connectivity index (χ3n) is 2.18. The summed E-state index contributed by atoms with van der Waals surface area (Å²) in [5.74, 6) is -1.79. The second-order valence-corrected chi connectivity index (χ2v) is 3.28. The molecule has 1 aliphatic rings. The Bertz CT molecular complexity index is 524. The summed E-state index contributed by atoms with van der Waals surface area (Å²) in [4.78, 5) is 32.1. The highest BCUT2D eigenvalue weighted by Crippen LogP contribution is 2.32. The fourth-order valence-corrected chi connectivity index (χ4v) is 1.41. The Morgan fingerprint density at radius 1 is 1.38 bits per heavy atom. The maximum Gasteiger partial charge on any atom is 0.335 e. The van der Waals surface area contributed by atoms with E-state index in [4.69, 9.17) is 0 Å². The molecule has 1 aliphatic heterocycles. The smallest absolute Gasteiger partial charge is 0.316 e. The number of hydrogen-bond acceptors (Lipinski definition) is 4. The standard InChI is InChI=1S/C9H6N3O4/c1-4-2-5-6(3-7(4)12(15)16)11-9(14)8(13)10-5/h2-3H,1H3,(H,11,14). The van der Waals surface area contributed by atoms with Crippen LogP contribution in [0.1, 0.15) is 5.56 Å². The van der Waals surface area contributed by atoms with Crippen LogP contribution in [-0.2, 0) is 9.59 Å². The molecule has 2 rings (SSSR count). The Balaban J connectivity index is 2.55. The quantitative estimate of drug-likeness (QED) is 0.425. The van der Waals surface area contributed by atoms with Gasteiger partial charge in [-0.15, -0.1) is 0 Å². The second kappa shape index (κ2) is 3.30. The van der Waals surface area contributed by atoms with E-state index in [0.717, 1.165) is 0 Å². The number of hydrogen-bond donors (Lipinski definition) is 1. The van der Waals surface area contributed by atoms with Crippen LogP contribution in [0.3, 0.4) is 0 Å².